The molecule has 5 rings (SSSR count). The van der Waals surface area contributed by atoms with E-state index in [4.69, 9.17) is 13.9 Å². The highest BCUT2D eigenvalue weighted by atomic mass is 16.5. The van der Waals surface area contributed by atoms with E-state index in [1.165, 1.54) is 11.0 Å². The van der Waals surface area contributed by atoms with E-state index in [9.17, 15) is 9.59 Å². The van der Waals surface area contributed by atoms with E-state index in [0.29, 0.717) is 28.2 Å². The standard InChI is InChI=1S/C25H20N6O5/c1-34-18-10-6-16(7-11-18)27-25(33)24-23(20-4-2-3-5-21(20)36-24)28-22(32)14-35-19-12-8-17(9-13-19)31-15-26-29-30-31/h2-13,15H,14H2,1H3,(H,27,33)(H,28,32). The summed E-state index contributed by atoms with van der Waals surface area (Å²) in [4.78, 5) is 25.7. The van der Waals surface area contributed by atoms with Crippen molar-refractivity contribution in [1.29, 1.82) is 0 Å². The van der Waals surface area contributed by atoms with Crippen molar-refractivity contribution in [1.82, 2.24) is 20.2 Å². The Hall–Kier alpha value is -5.19. The number of furan rings is 1. The maximum Gasteiger partial charge on any atom is 0.293 e. The van der Waals surface area contributed by atoms with Crippen molar-refractivity contribution in [2.45, 2.75) is 0 Å². The summed E-state index contributed by atoms with van der Waals surface area (Å²) < 4.78 is 18.0. The number of hydrogen-bond donors (Lipinski definition) is 2. The fraction of sp³-hybridized carbons (Fsp3) is 0.0800. The number of rotatable bonds is 8. The van der Waals surface area contributed by atoms with Gasteiger partial charge in [0.05, 0.1) is 12.8 Å². The summed E-state index contributed by atoms with van der Waals surface area (Å²) in [5.41, 5.74) is 2.02. The Balaban J connectivity index is 1.29. The molecule has 2 amide bonds. The van der Waals surface area contributed by atoms with Crippen LogP contribution in [0.15, 0.2) is 83.5 Å². The molecule has 0 atom stereocenters. The van der Waals surface area contributed by atoms with Gasteiger partial charge in [-0.1, -0.05) is 12.1 Å². The van der Waals surface area contributed by atoms with E-state index >= 15 is 0 Å². The highest BCUT2D eigenvalue weighted by Gasteiger charge is 2.22. The first-order valence-electron chi connectivity index (χ1n) is 10.8. The van der Waals surface area contributed by atoms with Crippen molar-refractivity contribution in [2.75, 3.05) is 24.4 Å². The molecule has 0 saturated carbocycles. The van der Waals surface area contributed by atoms with Crippen LogP contribution in [0.3, 0.4) is 0 Å². The number of methoxy groups -OCH3 is 1. The molecule has 0 fully saturated rings. The van der Waals surface area contributed by atoms with E-state index in [-0.39, 0.29) is 18.1 Å². The summed E-state index contributed by atoms with van der Waals surface area (Å²) in [5, 5.41) is 17.1. The summed E-state index contributed by atoms with van der Waals surface area (Å²) in [5.74, 6) is 0.160. The quantitative estimate of drug-likeness (QED) is 0.341. The molecule has 0 aliphatic heterocycles. The Morgan fingerprint density at radius 1 is 0.944 bits per heavy atom. The van der Waals surface area contributed by atoms with Gasteiger partial charge in [0.25, 0.3) is 11.8 Å². The van der Waals surface area contributed by atoms with Gasteiger partial charge in [-0.3, -0.25) is 9.59 Å². The number of anilines is 2. The third-order valence-corrected chi connectivity index (χ3v) is 5.23. The molecule has 11 nitrogen and oxygen atoms in total. The summed E-state index contributed by atoms with van der Waals surface area (Å²) in [6.45, 7) is -0.275. The molecule has 0 aliphatic rings. The number of nitrogens with zero attached hydrogens (tertiary/aromatic N) is 4. The Morgan fingerprint density at radius 2 is 1.69 bits per heavy atom. The predicted molar refractivity (Wildman–Crippen MR) is 130 cm³/mol. The second-order valence-electron chi connectivity index (χ2n) is 7.57. The van der Waals surface area contributed by atoms with Crippen LogP contribution in [-0.4, -0.2) is 45.7 Å². The zero-order chi connectivity index (χ0) is 24.9. The smallest absolute Gasteiger partial charge is 0.293 e. The maximum atomic E-state index is 13.0. The Labute approximate surface area is 204 Å². The largest absolute Gasteiger partial charge is 0.497 e. The van der Waals surface area contributed by atoms with Crippen molar-refractivity contribution in [3.05, 3.63) is 84.9 Å². The summed E-state index contributed by atoms with van der Waals surface area (Å²) in [6, 6.07) is 20.8. The average molecular weight is 484 g/mol. The topological polar surface area (TPSA) is 133 Å². The van der Waals surface area contributed by atoms with Crippen molar-refractivity contribution < 1.29 is 23.5 Å². The molecular formula is C25H20N6O5. The van der Waals surface area contributed by atoms with Crippen LogP contribution >= 0.6 is 0 Å². The van der Waals surface area contributed by atoms with Crippen molar-refractivity contribution in [2.24, 2.45) is 0 Å². The molecule has 3 aromatic carbocycles. The minimum atomic E-state index is -0.509. The van der Waals surface area contributed by atoms with Crippen molar-refractivity contribution in [3.8, 4) is 17.2 Å². The van der Waals surface area contributed by atoms with E-state index in [2.05, 4.69) is 26.2 Å². The lowest BCUT2D eigenvalue weighted by Crippen LogP contribution is -2.22. The molecule has 2 N–H and O–H groups in total. The molecule has 0 saturated heterocycles. The van der Waals surface area contributed by atoms with Gasteiger partial charge in [-0.05, 0) is 71.1 Å². The lowest BCUT2D eigenvalue weighted by atomic mass is 10.2. The molecule has 11 heteroatoms. The van der Waals surface area contributed by atoms with Gasteiger partial charge in [0.1, 0.15) is 29.1 Å². The second kappa shape index (κ2) is 9.97. The lowest BCUT2D eigenvalue weighted by molar-refractivity contribution is -0.118. The third-order valence-electron chi connectivity index (χ3n) is 5.23. The number of carbonyl (C=O) groups is 2. The number of aromatic nitrogens is 4. The molecular weight excluding hydrogens is 464 g/mol. The first kappa shape index (κ1) is 22.6. The monoisotopic (exact) mass is 484 g/mol. The molecule has 2 aromatic heterocycles. The lowest BCUT2D eigenvalue weighted by Gasteiger charge is -2.09. The minimum absolute atomic E-state index is 0.0221. The summed E-state index contributed by atoms with van der Waals surface area (Å²) in [6.07, 6.45) is 1.47. The highest BCUT2D eigenvalue weighted by Crippen LogP contribution is 2.31. The number of amides is 2. The normalized spacial score (nSPS) is 10.7. The molecule has 0 aliphatic carbocycles. The number of benzene rings is 3. The zero-order valence-electron chi connectivity index (χ0n) is 19.0. The summed E-state index contributed by atoms with van der Waals surface area (Å²) in [7, 11) is 1.56. The molecule has 0 radical (unpaired) electrons. The van der Waals surface area contributed by atoms with Gasteiger partial charge in [-0.25, -0.2) is 4.68 Å². The van der Waals surface area contributed by atoms with E-state index < -0.39 is 11.8 Å². The van der Waals surface area contributed by atoms with E-state index in [1.807, 2.05) is 0 Å². The predicted octanol–water partition coefficient (Wildman–Crippen LogP) is 3.69. The van der Waals surface area contributed by atoms with Gasteiger partial charge < -0.3 is 24.5 Å². The molecule has 0 spiro atoms. The number of tetrazole rings is 1. The summed E-state index contributed by atoms with van der Waals surface area (Å²) >= 11 is 0. The maximum absolute atomic E-state index is 13.0. The molecule has 0 unspecified atom stereocenters. The number of nitrogens with one attached hydrogen (secondary N) is 2. The van der Waals surface area contributed by atoms with Gasteiger partial charge in [-0.2, -0.15) is 0 Å². The van der Waals surface area contributed by atoms with Crippen LogP contribution < -0.4 is 20.1 Å². The fourth-order valence-electron chi connectivity index (χ4n) is 3.49. The van der Waals surface area contributed by atoms with Gasteiger partial charge >= 0.3 is 0 Å². The highest BCUT2D eigenvalue weighted by molar-refractivity contribution is 6.14. The molecule has 36 heavy (non-hydrogen) atoms. The first-order valence-corrected chi connectivity index (χ1v) is 10.8. The molecule has 5 aromatic rings. The SMILES string of the molecule is COc1ccc(NC(=O)c2oc3ccccc3c2NC(=O)COc2ccc(-n3cnnn3)cc2)cc1. The average Bonchev–Trinajstić information content (AvgIpc) is 3.57. The first-order chi connectivity index (χ1) is 17.6. The van der Waals surface area contributed by atoms with Crippen LogP contribution in [0.5, 0.6) is 11.5 Å². The van der Waals surface area contributed by atoms with E-state index in [0.717, 1.165) is 5.69 Å². The number of para-hydroxylation sites is 1. The Morgan fingerprint density at radius 3 is 2.42 bits per heavy atom. The molecule has 2 heterocycles. The van der Waals surface area contributed by atoms with Crippen LogP contribution in [-0.2, 0) is 4.79 Å². The minimum Gasteiger partial charge on any atom is -0.497 e. The molecule has 180 valence electrons. The van der Waals surface area contributed by atoms with E-state index in [1.54, 1.807) is 79.9 Å². The molecule has 0 bridgehead atoms. The fourth-order valence-corrected chi connectivity index (χ4v) is 3.49. The van der Waals surface area contributed by atoms with Crippen LogP contribution in [0.2, 0.25) is 0 Å². The van der Waals surface area contributed by atoms with Crippen molar-refractivity contribution in [3.63, 3.8) is 0 Å². The van der Waals surface area contributed by atoms with Gasteiger partial charge in [0, 0.05) is 11.1 Å². The Bertz CT molecular complexity index is 1490. The van der Waals surface area contributed by atoms with Gasteiger partial charge in [0.15, 0.2) is 6.61 Å². The number of carbonyl (C=O) groups excluding carboxylic acids is 2. The second-order valence-corrected chi connectivity index (χ2v) is 7.57. The van der Waals surface area contributed by atoms with Crippen molar-refractivity contribution >= 4 is 34.2 Å². The number of ether oxygens (including phenoxy) is 2. The number of fused-ring (bicyclic) bond motifs is 1. The van der Waals surface area contributed by atoms with Gasteiger partial charge in [-0.15, -0.1) is 5.10 Å². The van der Waals surface area contributed by atoms with Crippen LogP contribution in [0.4, 0.5) is 11.4 Å². The van der Waals surface area contributed by atoms with Crippen LogP contribution in [0.1, 0.15) is 10.6 Å². The van der Waals surface area contributed by atoms with Crippen LogP contribution in [0.25, 0.3) is 16.7 Å². The number of hydrogen-bond acceptors (Lipinski definition) is 8. The van der Waals surface area contributed by atoms with Gasteiger partial charge in [0.2, 0.25) is 5.76 Å². The van der Waals surface area contributed by atoms with Crippen LogP contribution in [0, 0.1) is 0 Å². The zero-order valence-corrected chi connectivity index (χ0v) is 19.0. The Kier molecular flexibility index (Phi) is 6.26. The third kappa shape index (κ3) is 4.85.